The lowest BCUT2D eigenvalue weighted by atomic mass is 10.1. The van der Waals surface area contributed by atoms with Gasteiger partial charge in [0.25, 0.3) is 5.56 Å². The minimum absolute atomic E-state index is 0.220. The van der Waals surface area contributed by atoms with Crippen molar-refractivity contribution in [1.82, 2.24) is 24.4 Å². The monoisotopic (exact) mass is 561 g/mol. The topological polar surface area (TPSA) is 83.5 Å². The second-order valence-corrected chi connectivity index (χ2v) is 10.3. The van der Waals surface area contributed by atoms with E-state index in [0.717, 1.165) is 28.1 Å². The highest BCUT2D eigenvalue weighted by Crippen LogP contribution is 2.29. The van der Waals surface area contributed by atoms with E-state index in [1.165, 1.54) is 21.4 Å². The van der Waals surface area contributed by atoms with Gasteiger partial charge in [0.15, 0.2) is 17.3 Å². The van der Waals surface area contributed by atoms with Gasteiger partial charge < -0.3 is 9.47 Å². The molecule has 204 valence electrons. The predicted octanol–water partition coefficient (Wildman–Crippen LogP) is 5.44. The van der Waals surface area contributed by atoms with Crippen molar-refractivity contribution in [2.24, 2.45) is 0 Å². The van der Waals surface area contributed by atoms with Crippen LogP contribution in [0.4, 0.5) is 0 Å². The Morgan fingerprint density at radius 3 is 2.49 bits per heavy atom. The van der Waals surface area contributed by atoms with Crippen LogP contribution in [-0.2, 0) is 0 Å². The number of aryl methyl sites for hydroxylation is 1. The molecule has 0 spiro atoms. The third kappa shape index (κ3) is 5.39. The summed E-state index contributed by atoms with van der Waals surface area (Å²) >= 11 is 1.30. The molecule has 0 bridgehead atoms. The van der Waals surface area contributed by atoms with Gasteiger partial charge in [-0.1, -0.05) is 71.5 Å². The van der Waals surface area contributed by atoms with Crippen molar-refractivity contribution >= 4 is 34.5 Å². The van der Waals surface area contributed by atoms with Crippen LogP contribution in [0.1, 0.15) is 29.4 Å². The molecule has 3 heterocycles. The van der Waals surface area contributed by atoms with Crippen molar-refractivity contribution in [2.45, 2.75) is 13.8 Å². The minimum atomic E-state index is -0.220. The number of para-hydroxylation sites is 1. The zero-order valence-corrected chi connectivity index (χ0v) is 23.6. The second-order valence-electron chi connectivity index (χ2n) is 9.34. The number of fused-ring (bicyclic) bond motifs is 1. The molecule has 6 rings (SSSR count). The molecule has 0 saturated carbocycles. The summed E-state index contributed by atoms with van der Waals surface area (Å²) in [5.74, 6) is 1.78. The highest BCUT2D eigenvalue weighted by atomic mass is 32.1. The van der Waals surface area contributed by atoms with Crippen LogP contribution >= 0.6 is 11.3 Å². The van der Waals surface area contributed by atoms with Crippen LogP contribution in [0.15, 0.2) is 83.8 Å². The molecule has 0 saturated heterocycles. The molecule has 0 atom stereocenters. The summed E-state index contributed by atoms with van der Waals surface area (Å²) < 4.78 is 14.7. The van der Waals surface area contributed by atoms with Crippen molar-refractivity contribution in [3.8, 4) is 28.4 Å². The van der Waals surface area contributed by atoms with Crippen LogP contribution in [0.5, 0.6) is 11.5 Å². The second kappa shape index (κ2) is 11.2. The lowest BCUT2D eigenvalue weighted by Crippen LogP contribution is -2.23. The zero-order chi connectivity index (χ0) is 28.3. The quantitative estimate of drug-likeness (QED) is 0.246. The van der Waals surface area contributed by atoms with Crippen LogP contribution < -0.4 is 19.6 Å². The fraction of sp³-hybridized carbons (Fsp3) is 0.125. The van der Waals surface area contributed by atoms with Gasteiger partial charge in [0, 0.05) is 17.3 Å². The fourth-order valence-corrected chi connectivity index (χ4v) is 5.34. The van der Waals surface area contributed by atoms with Gasteiger partial charge >= 0.3 is 0 Å². The van der Waals surface area contributed by atoms with E-state index in [2.05, 4.69) is 29.1 Å². The number of aromatic nitrogens is 5. The predicted molar refractivity (Wildman–Crippen MR) is 163 cm³/mol. The van der Waals surface area contributed by atoms with E-state index in [1.54, 1.807) is 13.2 Å². The van der Waals surface area contributed by atoms with E-state index < -0.39 is 0 Å². The molecule has 0 fully saturated rings. The van der Waals surface area contributed by atoms with E-state index in [9.17, 15) is 4.79 Å². The molecule has 0 radical (unpaired) electrons. The Labute approximate surface area is 240 Å². The fourth-order valence-electron chi connectivity index (χ4n) is 4.44. The SMILES string of the molecule is CCOc1ccc(/C=C/c2nc3s/c(=C\c4cn(-c5ccccc5)nc4-c4ccc(C)cc4)c(=O)n3n2)cc1OC. The summed E-state index contributed by atoms with van der Waals surface area (Å²) in [6.45, 7) is 4.54. The number of rotatable bonds is 8. The Kier molecular flexibility index (Phi) is 7.18. The van der Waals surface area contributed by atoms with Gasteiger partial charge in [-0.15, -0.1) is 5.10 Å². The largest absolute Gasteiger partial charge is 0.493 e. The summed E-state index contributed by atoms with van der Waals surface area (Å²) in [7, 11) is 1.61. The zero-order valence-electron chi connectivity index (χ0n) is 22.8. The van der Waals surface area contributed by atoms with Crippen molar-refractivity contribution < 1.29 is 9.47 Å². The first-order valence-corrected chi connectivity index (χ1v) is 14.0. The Balaban J connectivity index is 1.35. The first-order chi connectivity index (χ1) is 20.0. The molecule has 0 aliphatic rings. The van der Waals surface area contributed by atoms with Gasteiger partial charge in [0.2, 0.25) is 4.96 Å². The van der Waals surface area contributed by atoms with E-state index in [1.807, 2.05) is 90.6 Å². The maximum Gasteiger partial charge on any atom is 0.291 e. The molecule has 6 aromatic rings. The van der Waals surface area contributed by atoms with Crippen LogP contribution in [-0.4, -0.2) is 38.1 Å². The van der Waals surface area contributed by atoms with E-state index in [0.29, 0.717) is 33.4 Å². The number of methoxy groups -OCH3 is 1. The number of benzene rings is 3. The van der Waals surface area contributed by atoms with Gasteiger partial charge in [-0.3, -0.25) is 4.79 Å². The summed E-state index contributed by atoms with van der Waals surface area (Å²) in [5, 5.41) is 9.31. The Morgan fingerprint density at radius 1 is 0.951 bits per heavy atom. The molecule has 0 aliphatic carbocycles. The van der Waals surface area contributed by atoms with Crippen LogP contribution in [0.2, 0.25) is 0 Å². The van der Waals surface area contributed by atoms with Crippen LogP contribution in [0, 0.1) is 6.92 Å². The molecular formula is C32H27N5O3S. The van der Waals surface area contributed by atoms with Crippen molar-refractivity contribution in [3.63, 3.8) is 0 Å². The van der Waals surface area contributed by atoms with E-state index >= 15 is 0 Å². The van der Waals surface area contributed by atoms with Gasteiger partial charge in [-0.2, -0.15) is 14.6 Å². The summed E-state index contributed by atoms with van der Waals surface area (Å²) in [6, 6.07) is 23.8. The molecule has 0 amide bonds. The van der Waals surface area contributed by atoms with Gasteiger partial charge in [-0.25, -0.2) is 4.68 Å². The number of ether oxygens (including phenoxy) is 2. The molecule has 9 heteroatoms. The average Bonchev–Trinajstić information content (AvgIpc) is 3.68. The number of thiazole rings is 1. The standard InChI is InChI=1S/C32H27N5O3S/c1-4-40-26-16-12-22(18-27(26)39-3)13-17-29-33-32-37(34-29)31(38)28(41-32)19-24-20-36(25-8-6-5-7-9-25)35-30(24)23-14-10-21(2)11-15-23/h5-20H,4H2,1-3H3/b17-13+,28-19-. The Morgan fingerprint density at radius 2 is 1.76 bits per heavy atom. The highest BCUT2D eigenvalue weighted by molar-refractivity contribution is 7.15. The maximum absolute atomic E-state index is 13.3. The third-order valence-corrected chi connectivity index (χ3v) is 7.44. The van der Waals surface area contributed by atoms with Gasteiger partial charge in [-0.05, 0) is 55.8 Å². The van der Waals surface area contributed by atoms with Crippen LogP contribution in [0.3, 0.4) is 0 Å². The average molecular weight is 562 g/mol. The van der Waals surface area contributed by atoms with Gasteiger partial charge in [0.1, 0.15) is 0 Å². The lowest BCUT2D eigenvalue weighted by Gasteiger charge is -2.09. The molecule has 41 heavy (non-hydrogen) atoms. The van der Waals surface area contributed by atoms with Crippen molar-refractivity contribution in [2.75, 3.05) is 13.7 Å². The van der Waals surface area contributed by atoms with Crippen LogP contribution in [0.25, 0.3) is 40.1 Å². The Hall–Kier alpha value is -5.02. The van der Waals surface area contributed by atoms with Crippen molar-refractivity contribution in [3.05, 3.63) is 116 Å². The van der Waals surface area contributed by atoms with Gasteiger partial charge in [0.05, 0.1) is 29.6 Å². The molecule has 3 aromatic heterocycles. The lowest BCUT2D eigenvalue weighted by molar-refractivity contribution is 0.311. The minimum Gasteiger partial charge on any atom is -0.493 e. The molecule has 0 aliphatic heterocycles. The third-order valence-electron chi connectivity index (χ3n) is 6.49. The smallest absolute Gasteiger partial charge is 0.291 e. The van der Waals surface area contributed by atoms with Crippen molar-refractivity contribution in [1.29, 1.82) is 0 Å². The number of hydrogen-bond acceptors (Lipinski definition) is 7. The summed E-state index contributed by atoms with van der Waals surface area (Å²) in [6.07, 6.45) is 7.46. The molecule has 0 N–H and O–H groups in total. The molecule has 8 nitrogen and oxygen atoms in total. The molecule has 3 aromatic carbocycles. The molecular weight excluding hydrogens is 534 g/mol. The maximum atomic E-state index is 13.3. The Bertz CT molecular complexity index is 1970. The first-order valence-electron chi connectivity index (χ1n) is 13.1. The van der Waals surface area contributed by atoms with E-state index in [-0.39, 0.29) is 5.56 Å². The summed E-state index contributed by atoms with van der Waals surface area (Å²) in [4.78, 5) is 18.4. The normalized spacial score (nSPS) is 12.0. The highest BCUT2D eigenvalue weighted by Gasteiger charge is 2.14. The van der Waals surface area contributed by atoms with E-state index in [4.69, 9.17) is 14.6 Å². The number of hydrogen-bond donors (Lipinski definition) is 0. The molecule has 0 unspecified atom stereocenters. The number of nitrogens with zero attached hydrogens (tertiary/aromatic N) is 5. The summed E-state index contributed by atoms with van der Waals surface area (Å²) in [5.41, 5.74) is 5.39. The first kappa shape index (κ1) is 26.2.